The average molecular weight is 279 g/mol. The third kappa shape index (κ3) is 3.26. The van der Waals surface area contributed by atoms with Gasteiger partial charge < -0.3 is 10.6 Å². The number of carbonyl (C=O) groups is 1. The molecule has 0 spiro atoms. The number of rotatable bonds is 6. The van der Waals surface area contributed by atoms with Gasteiger partial charge in [0, 0.05) is 18.8 Å². The fourth-order valence-electron chi connectivity index (χ4n) is 2.33. The quantitative estimate of drug-likeness (QED) is 0.841. The SMILES string of the molecule is CCCNc1nccc(C(=O)NC(C)C2CCC2)c1F. The molecule has 1 fully saturated rings. The van der Waals surface area contributed by atoms with E-state index in [0.717, 1.165) is 19.3 Å². The van der Waals surface area contributed by atoms with Gasteiger partial charge in [0.1, 0.15) is 0 Å². The highest BCUT2D eigenvalue weighted by Crippen LogP contribution is 2.29. The van der Waals surface area contributed by atoms with Crippen molar-refractivity contribution in [2.75, 3.05) is 11.9 Å². The largest absolute Gasteiger partial charge is 0.368 e. The molecule has 0 aliphatic heterocycles. The molecule has 20 heavy (non-hydrogen) atoms. The predicted octanol–water partition coefficient (Wildman–Crippen LogP) is 2.96. The zero-order valence-electron chi connectivity index (χ0n) is 12.1. The number of pyridine rings is 1. The number of hydrogen-bond donors (Lipinski definition) is 2. The molecule has 1 atom stereocenters. The van der Waals surface area contributed by atoms with Gasteiger partial charge in [-0.1, -0.05) is 13.3 Å². The lowest BCUT2D eigenvalue weighted by Gasteiger charge is -2.31. The Labute approximate surface area is 119 Å². The first kappa shape index (κ1) is 14.8. The van der Waals surface area contributed by atoms with E-state index >= 15 is 0 Å². The molecule has 0 bridgehead atoms. The summed E-state index contributed by atoms with van der Waals surface area (Å²) in [5.74, 6) is -0.250. The predicted molar refractivity (Wildman–Crippen MR) is 77.2 cm³/mol. The molecule has 0 radical (unpaired) electrons. The Balaban J connectivity index is 2.04. The van der Waals surface area contributed by atoms with Crippen LogP contribution in [0, 0.1) is 11.7 Å². The lowest BCUT2D eigenvalue weighted by atomic mass is 9.80. The fraction of sp³-hybridized carbons (Fsp3) is 0.600. The Kier molecular flexibility index (Phi) is 4.93. The molecule has 1 aliphatic rings. The maximum Gasteiger partial charge on any atom is 0.254 e. The van der Waals surface area contributed by atoms with Gasteiger partial charge in [0.25, 0.3) is 5.91 Å². The van der Waals surface area contributed by atoms with Crippen molar-refractivity contribution < 1.29 is 9.18 Å². The lowest BCUT2D eigenvalue weighted by Crippen LogP contribution is -2.41. The molecule has 0 aromatic carbocycles. The van der Waals surface area contributed by atoms with Crippen LogP contribution >= 0.6 is 0 Å². The van der Waals surface area contributed by atoms with Gasteiger partial charge in [0.15, 0.2) is 11.6 Å². The molecule has 1 aromatic heterocycles. The summed E-state index contributed by atoms with van der Waals surface area (Å²) in [6, 6.07) is 1.52. The molecule has 4 nitrogen and oxygen atoms in total. The minimum atomic E-state index is -0.570. The van der Waals surface area contributed by atoms with E-state index in [4.69, 9.17) is 0 Å². The summed E-state index contributed by atoms with van der Waals surface area (Å²) >= 11 is 0. The van der Waals surface area contributed by atoms with Gasteiger partial charge in [-0.2, -0.15) is 0 Å². The fourth-order valence-corrected chi connectivity index (χ4v) is 2.33. The van der Waals surface area contributed by atoms with Crippen LogP contribution in [0.4, 0.5) is 10.2 Å². The maximum atomic E-state index is 14.2. The van der Waals surface area contributed by atoms with Crippen molar-refractivity contribution in [3.63, 3.8) is 0 Å². The zero-order valence-corrected chi connectivity index (χ0v) is 12.1. The van der Waals surface area contributed by atoms with Crippen LogP contribution in [0.1, 0.15) is 49.9 Å². The topological polar surface area (TPSA) is 54.0 Å². The number of nitrogens with one attached hydrogen (secondary N) is 2. The second-order valence-corrected chi connectivity index (χ2v) is 5.40. The molecule has 1 heterocycles. The average Bonchev–Trinajstić information content (AvgIpc) is 2.35. The number of halogens is 1. The Morgan fingerprint density at radius 3 is 2.90 bits per heavy atom. The summed E-state index contributed by atoms with van der Waals surface area (Å²) in [6.07, 6.45) is 5.84. The summed E-state index contributed by atoms with van der Waals surface area (Å²) in [7, 11) is 0. The third-order valence-electron chi connectivity index (χ3n) is 3.89. The molecular formula is C15H22FN3O. The van der Waals surface area contributed by atoms with E-state index in [0.29, 0.717) is 12.5 Å². The first-order chi connectivity index (χ1) is 9.63. The van der Waals surface area contributed by atoms with Gasteiger partial charge in [-0.05, 0) is 38.2 Å². The molecule has 1 unspecified atom stereocenters. The summed E-state index contributed by atoms with van der Waals surface area (Å²) in [4.78, 5) is 16.1. The molecule has 1 aliphatic carbocycles. The number of carbonyl (C=O) groups excluding carboxylic acids is 1. The molecule has 1 aromatic rings. The van der Waals surface area contributed by atoms with Crippen molar-refractivity contribution in [3.05, 3.63) is 23.6 Å². The van der Waals surface area contributed by atoms with Crippen molar-refractivity contribution in [3.8, 4) is 0 Å². The number of nitrogens with zero attached hydrogens (tertiary/aromatic N) is 1. The van der Waals surface area contributed by atoms with Crippen LogP contribution in [-0.4, -0.2) is 23.5 Å². The Morgan fingerprint density at radius 2 is 2.30 bits per heavy atom. The Hall–Kier alpha value is -1.65. The number of hydrogen-bond acceptors (Lipinski definition) is 3. The summed E-state index contributed by atoms with van der Waals surface area (Å²) < 4.78 is 14.2. The minimum absolute atomic E-state index is 0.0600. The van der Waals surface area contributed by atoms with Gasteiger partial charge >= 0.3 is 0 Å². The van der Waals surface area contributed by atoms with Gasteiger partial charge in [0.2, 0.25) is 0 Å². The van der Waals surface area contributed by atoms with E-state index in [-0.39, 0.29) is 23.3 Å². The maximum absolute atomic E-state index is 14.2. The van der Waals surface area contributed by atoms with Crippen molar-refractivity contribution in [1.82, 2.24) is 10.3 Å². The van der Waals surface area contributed by atoms with Crippen LogP contribution in [0.2, 0.25) is 0 Å². The van der Waals surface area contributed by atoms with Crippen molar-refractivity contribution in [1.29, 1.82) is 0 Å². The highest BCUT2D eigenvalue weighted by molar-refractivity contribution is 5.95. The number of amides is 1. The lowest BCUT2D eigenvalue weighted by molar-refractivity contribution is 0.0905. The monoisotopic (exact) mass is 279 g/mol. The van der Waals surface area contributed by atoms with Crippen LogP contribution in [0.15, 0.2) is 12.3 Å². The van der Waals surface area contributed by atoms with E-state index in [1.54, 1.807) is 0 Å². The van der Waals surface area contributed by atoms with Crippen LogP contribution in [0.5, 0.6) is 0 Å². The minimum Gasteiger partial charge on any atom is -0.368 e. The van der Waals surface area contributed by atoms with E-state index in [1.165, 1.54) is 18.7 Å². The molecule has 5 heteroatoms. The summed E-state index contributed by atoms with van der Waals surface area (Å²) in [6.45, 7) is 4.60. The van der Waals surface area contributed by atoms with E-state index < -0.39 is 5.82 Å². The van der Waals surface area contributed by atoms with Crippen LogP contribution < -0.4 is 10.6 Å². The van der Waals surface area contributed by atoms with E-state index in [1.807, 2.05) is 13.8 Å². The summed E-state index contributed by atoms with van der Waals surface area (Å²) in [5.41, 5.74) is 0.0600. The van der Waals surface area contributed by atoms with Crippen LogP contribution in [0.25, 0.3) is 0 Å². The molecule has 2 rings (SSSR count). The highest BCUT2D eigenvalue weighted by atomic mass is 19.1. The van der Waals surface area contributed by atoms with Crippen molar-refractivity contribution >= 4 is 11.7 Å². The first-order valence-corrected chi connectivity index (χ1v) is 7.32. The van der Waals surface area contributed by atoms with Gasteiger partial charge in [-0.3, -0.25) is 4.79 Å². The molecule has 1 saturated carbocycles. The second kappa shape index (κ2) is 6.68. The molecular weight excluding hydrogens is 257 g/mol. The van der Waals surface area contributed by atoms with Crippen molar-refractivity contribution in [2.24, 2.45) is 5.92 Å². The molecule has 110 valence electrons. The Morgan fingerprint density at radius 1 is 1.55 bits per heavy atom. The zero-order chi connectivity index (χ0) is 14.5. The molecule has 2 N–H and O–H groups in total. The van der Waals surface area contributed by atoms with E-state index in [2.05, 4.69) is 15.6 Å². The molecule has 0 saturated heterocycles. The van der Waals surface area contributed by atoms with Crippen molar-refractivity contribution in [2.45, 2.75) is 45.6 Å². The normalized spacial score (nSPS) is 16.4. The number of anilines is 1. The standard InChI is InChI=1S/C15H22FN3O/c1-3-8-17-14-13(16)12(7-9-18-14)15(20)19-10(2)11-5-4-6-11/h7,9-11H,3-6,8H2,1-2H3,(H,17,18)(H,19,20). The number of aromatic nitrogens is 1. The first-order valence-electron chi connectivity index (χ1n) is 7.32. The van der Waals surface area contributed by atoms with Gasteiger partial charge in [-0.15, -0.1) is 0 Å². The second-order valence-electron chi connectivity index (χ2n) is 5.40. The van der Waals surface area contributed by atoms with Crippen LogP contribution in [0.3, 0.4) is 0 Å². The van der Waals surface area contributed by atoms with Crippen LogP contribution in [-0.2, 0) is 0 Å². The highest BCUT2D eigenvalue weighted by Gasteiger charge is 2.26. The molecule has 1 amide bonds. The summed E-state index contributed by atoms with van der Waals surface area (Å²) in [5, 5.41) is 5.78. The van der Waals surface area contributed by atoms with Gasteiger partial charge in [-0.25, -0.2) is 9.37 Å². The smallest absolute Gasteiger partial charge is 0.254 e. The third-order valence-corrected chi connectivity index (χ3v) is 3.89. The van der Waals surface area contributed by atoms with Gasteiger partial charge in [0.05, 0.1) is 5.56 Å². The van der Waals surface area contributed by atoms with E-state index in [9.17, 15) is 9.18 Å². The Bertz CT molecular complexity index is 474.